The summed E-state index contributed by atoms with van der Waals surface area (Å²) in [5.41, 5.74) is 0.360. The first kappa shape index (κ1) is 11.7. The predicted molar refractivity (Wildman–Crippen MR) is 64.1 cm³/mol. The lowest BCUT2D eigenvalue weighted by Gasteiger charge is -1.98. The molecule has 0 aliphatic heterocycles. The summed E-state index contributed by atoms with van der Waals surface area (Å²) >= 11 is 1.37. The van der Waals surface area contributed by atoms with Crippen LogP contribution < -0.4 is 10.9 Å². The van der Waals surface area contributed by atoms with E-state index in [4.69, 9.17) is 4.74 Å². The molecule has 8 heteroatoms. The molecule has 0 amide bonds. The van der Waals surface area contributed by atoms with E-state index in [1.807, 2.05) is 0 Å². The van der Waals surface area contributed by atoms with Gasteiger partial charge in [0.15, 0.2) is 5.01 Å². The lowest BCUT2D eigenvalue weighted by molar-refractivity contribution is 0.211. The van der Waals surface area contributed by atoms with Crippen molar-refractivity contribution in [2.45, 2.75) is 0 Å². The summed E-state index contributed by atoms with van der Waals surface area (Å²) in [5.74, 6) is 0. The van der Waals surface area contributed by atoms with Gasteiger partial charge in [0.25, 0.3) is 5.56 Å². The number of methoxy groups -OCH3 is 1. The van der Waals surface area contributed by atoms with E-state index in [1.54, 1.807) is 13.2 Å². The maximum absolute atomic E-state index is 10.9. The topological polar surface area (TPSA) is 92.8 Å². The number of rotatable bonds is 5. The van der Waals surface area contributed by atoms with Crippen molar-refractivity contribution in [1.82, 2.24) is 20.4 Å². The van der Waals surface area contributed by atoms with Gasteiger partial charge < -0.3 is 10.1 Å². The van der Waals surface area contributed by atoms with Gasteiger partial charge in [0.2, 0.25) is 5.13 Å². The second-order valence-electron chi connectivity index (χ2n) is 3.14. The highest BCUT2D eigenvalue weighted by Gasteiger charge is 2.07. The van der Waals surface area contributed by atoms with Gasteiger partial charge in [-0.1, -0.05) is 11.3 Å². The van der Waals surface area contributed by atoms with Gasteiger partial charge in [-0.05, 0) is 6.07 Å². The number of hydrogen-bond donors (Lipinski definition) is 2. The van der Waals surface area contributed by atoms with Gasteiger partial charge in [-0.15, -0.1) is 10.2 Å². The van der Waals surface area contributed by atoms with Gasteiger partial charge >= 0.3 is 0 Å². The molecule has 2 heterocycles. The number of hydrogen-bond acceptors (Lipinski definition) is 7. The third-order valence-corrected chi connectivity index (χ3v) is 2.81. The lowest BCUT2D eigenvalue weighted by Crippen LogP contribution is -2.06. The molecule has 2 aromatic rings. The molecule has 2 N–H and O–H groups in total. The molecule has 0 aromatic carbocycles. The average Bonchev–Trinajstić information content (AvgIpc) is 2.79. The Kier molecular flexibility index (Phi) is 3.78. The Morgan fingerprint density at radius 3 is 3.06 bits per heavy atom. The fraction of sp³-hybridized carbons (Fsp3) is 0.333. The Hall–Kier alpha value is -1.80. The van der Waals surface area contributed by atoms with E-state index in [0.717, 1.165) is 0 Å². The van der Waals surface area contributed by atoms with Crippen molar-refractivity contribution in [2.24, 2.45) is 0 Å². The standard InChI is InChI=1S/C9H11N5O2S/c1-16-5-4-10-9-14-13-8(17-9)6-2-3-7(15)12-11-6/h2-3H,4-5H2,1H3,(H,10,14)(H,12,15). The number of aromatic amines is 1. The van der Waals surface area contributed by atoms with E-state index in [-0.39, 0.29) is 5.56 Å². The summed E-state index contributed by atoms with van der Waals surface area (Å²) in [4.78, 5) is 10.9. The van der Waals surface area contributed by atoms with Crippen LogP contribution >= 0.6 is 11.3 Å². The summed E-state index contributed by atoms with van der Waals surface area (Å²) < 4.78 is 4.91. The second-order valence-corrected chi connectivity index (χ2v) is 4.12. The van der Waals surface area contributed by atoms with E-state index in [0.29, 0.717) is 29.0 Å². The molecule has 2 rings (SSSR count). The quantitative estimate of drug-likeness (QED) is 0.747. The molecule has 2 aromatic heterocycles. The fourth-order valence-corrected chi connectivity index (χ4v) is 1.86. The number of ether oxygens (including phenoxy) is 1. The minimum Gasteiger partial charge on any atom is -0.383 e. The first-order valence-corrected chi connectivity index (χ1v) is 5.73. The first-order chi connectivity index (χ1) is 8.29. The Balaban J connectivity index is 2.07. The zero-order valence-corrected chi connectivity index (χ0v) is 9.95. The lowest BCUT2D eigenvalue weighted by atomic mass is 10.4. The molecular formula is C9H11N5O2S. The summed E-state index contributed by atoms with van der Waals surface area (Å²) in [6.07, 6.45) is 0. The maximum atomic E-state index is 10.9. The normalized spacial score (nSPS) is 10.4. The number of nitrogens with one attached hydrogen (secondary N) is 2. The summed E-state index contributed by atoms with van der Waals surface area (Å²) in [6.45, 7) is 1.27. The molecule has 90 valence electrons. The third-order valence-electron chi connectivity index (χ3n) is 1.91. The number of anilines is 1. The van der Waals surface area contributed by atoms with E-state index in [1.165, 1.54) is 17.4 Å². The van der Waals surface area contributed by atoms with Crippen molar-refractivity contribution in [3.63, 3.8) is 0 Å². The molecule has 0 spiro atoms. The molecule has 0 bridgehead atoms. The van der Waals surface area contributed by atoms with Crippen molar-refractivity contribution >= 4 is 16.5 Å². The highest BCUT2D eigenvalue weighted by molar-refractivity contribution is 7.18. The zero-order valence-electron chi connectivity index (χ0n) is 9.14. The Morgan fingerprint density at radius 2 is 2.35 bits per heavy atom. The van der Waals surface area contributed by atoms with Crippen LogP contribution in [0.5, 0.6) is 0 Å². The van der Waals surface area contributed by atoms with E-state index in [2.05, 4.69) is 25.7 Å². The molecule has 0 unspecified atom stereocenters. The van der Waals surface area contributed by atoms with Crippen LogP contribution in [0.15, 0.2) is 16.9 Å². The van der Waals surface area contributed by atoms with Crippen molar-refractivity contribution in [1.29, 1.82) is 0 Å². The smallest absolute Gasteiger partial charge is 0.264 e. The van der Waals surface area contributed by atoms with Crippen LogP contribution in [0.1, 0.15) is 0 Å². The molecular weight excluding hydrogens is 242 g/mol. The molecule has 0 aliphatic carbocycles. The van der Waals surface area contributed by atoms with E-state index < -0.39 is 0 Å². The van der Waals surface area contributed by atoms with Gasteiger partial charge in [-0.3, -0.25) is 4.79 Å². The van der Waals surface area contributed by atoms with Crippen molar-refractivity contribution < 1.29 is 4.74 Å². The molecule has 7 nitrogen and oxygen atoms in total. The van der Waals surface area contributed by atoms with Crippen molar-refractivity contribution in [3.8, 4) is 10.7 Å². The monoisotopic (exact) mass is 253 g/mol. The average molecular weight is 253 g/mol. The SMILES string of the molecule is COCCNc1nnc(-c2ccc(=O)[nH]n2)s1. The number of nitrogens with zero attached hydrogens (tertiary/aromatic N) is 3. The van der Waals surface area contributed by atoms with Gasteiger partial charge in [0, 0.05) is 19.7 Å². The fourth-order valence-electron chi connectivity index (χ4n) is 1.12. The van der Waals surface area contributed by atoms with Crippen molar-refractivity contribution in [3.05, 3.63) is 22.5 Å². The first-order valence-electron chi connectivity index (χ1n) is 4.92. The van der Waals surface area contributed by atoms with Crippen LogP contribution in [0.3, 0.4) is 0 Å². The molecule has 0 aliphatic rings. The van der Waals surface area contributed by atoms with Crippen LogP contribution in [0.4, 0.5) is 5.13 Å². The molecule has 0 saturated carbocycles. The minimum absolute atomic E-state index is 0.239. The van der Waals surface area contributed by atoms with Gasteiger partial charge in [-0.2, -0.15) is 5.10 Å². The highest BCUT2D eigenvalue weighted by Crippen LogP contribution is 2.23. The van der Waals surface area contributed by atoms with Gasteiger partial charge in [0.1, 0.15) is 5.69 Å². The Morgan fingerprint density at radius 1 is 1.47 bits per heavy atom. The molecule has 0 atom stereocenters. The summed E-state index contributed by atoms with van der Waals surface area (Å²) in [6, 6.07) is 3.01. The molecule has 0 saturated heterocycles. The van der Waals surface area contributed by atoms with E-state index in [9.17, 15) is 4.79 Å². The van der Waals surface area contributed by atoms with Crippen LogP contribution in [-0.4, -0.2) is 40.7 Å². The zero-order chi connectivity index (χ0) is 12.1. The largest absolute Gasteiger partial charge is 0.383 e. The molecule has 17 heavy (non-hydrogen) atoms. The molecule has 0 radical (unpaired) electrons. The van der Waals surface area contributed by atoms with Crippen molar-refractivity contribution in [2.75, 3.05) is 25.6 Å². The Labute approximate surface area is 101 Å². The second kappa shape index (κ2) is 5.51. The maximum Gasteiger partial charge on any atom is 0.264 e. The van der Waals surface area contributed by atoms with Crippen LogP contribution in [0, 0.1) is 0 Å². The summed E-state index contributed by atoms with van der Waals surface area (Å²) in [7, 11) is 1.64. The van der Waals surface area contributed by atoms with Crippen LogP contribution in [-0.2, 0) is 4.74 Å². The molecule has 0 fully saturated rings. The van der Waals surface area contributed by atoms with Gasteiger partial charge in [-0.25, -0.2) is 5.10 Å². The van der Waals surface area contributed by atoms with Gasteiger partial charge in [0.05, 0.1) is 6.61 Å². The van der Waals surface area contributed by atoms with Crippen LogP contribution in [0.25, 0.3) is 10.7 Å². The third kappa shape index (κ3) is 3.08. The Bertz CT molecular complexity index is 518. The summed E-state index contributed by atoms with van der Waals surface area (Å²) in [5, 5.41) is 18.6. The van der Waals surface area contributed by atoms with E-state index >= 15 is 0 Å². The highest BCUT2D eigenvalue weighted by atomic mass is 32.1. The number of H-pyrrole nitrogens is 1. The predicted octanol–water partition coefficient (Wildman–Crippen LogP) is 0.347. The van der Waals surface area contributed by atoms with Crippen LogP contribution in [0.2, 0.25) is 0 Å². The minimum atomic E-state index is -0.239. The number of aromatic nitrogens is 4.